The SMILES string of the molecule is Cc1ccc(/C=C2\Oc3ccccc3NC2=O)cc1C. The number of hydrogen-bond acceptors (Lipinski definition) is 2. The molecule has 0 saturated heterocycles. The molecule has 100 valence electrons. The average molecular weight is 265 g/mol. The van der Waals surface area contributed by atoms with Crippen LogP contribution < -0.4 is 10.1 Å². The van der Waals surface area contributed by atoms with Crippen LogP contribution in [0.4, 0.5) is 5.69 Å². The first-order chi connectivity index (χ1) is 9.63. The molecule has 2 aromatic rings. The highest BCUT2D eigenvalue weighted by molar-refractivity contribution is 6.08. The molecule has 0 bridgehead atoms. The van der Waals surface area contributed by atoms with E-state index in [0.29, 0.717) is 17.2 Å². The number of benzene rings is 2. The van der Waals surface area contributed by atoms with Crippen LogP contribution >= 0.6 is 0 Å². The Morgan fingerprint density at radius 3 is 2.65 bits per heavy atom. The lowest BCUT2D eigenvalue weighted by molar-refractivity contribution is -0.115. The topological polar surface area (TPSA) is 38.3 Å². The summed E-state index contributed by atoms with van der Waals surface area (Å²) in [5.41, 5.74) is 4.08. The Morgan fingerprint density at radius 1 is 1.05 bits per heavy atom. The molecule has 2 aromatic carbocycles. The maximum Gasteiger partial charge on any atom is 0.291 e. The number of ether oxygens (including phenoxy) is 1. The average Bonchev–Trinajstić information content (AvgIpc) is 2.44. The number of nitrogens with one attached hydrogen (secondary N) is 1. The molecule has 0 unspecified atom stereocenters. The van der Waals surface area contributed by atoms with Crippen molar-refractivity contribution in [1.82, 2.24) is 0 Å². The molecule has 1 aliphatic rings. The van der Waals surface area contributed by atoms with Crippen molar-refractivity contribution in [3.63, 3.8) is 0 Å². The summed E-state index contributed by atoms with van der Waals surface area (Å²) in [5.74, 6) is 0.760. The molecule has 3 nitrogen and oxygen atoms in total. The Bertz CT molecular complexity index is 717. The molecule has 0 fully saturated rings. The van der Waals surface area contributed by atoms with Gasteiger partial charge in [0.25, 0.3) is 5.91 Å². The lowest BCUT2D eigenvalue weighted by Gasteiger charge is -2.19. The molecule has 1 amide bonds. The summed E-state index contributed by atoms with van der Waals surface area (Å²) < 4.78 is 5.67. The molecule has 0 spiro atoms. The Hall–Kier alpha value is -2.55. The van der Waals surface area contributed by atoms with Crippen LogP contribution in [0.3, 0.4) is 0 Å². The number of carbonyl (C=O) groups excluding carboxylic acids is 1. The fourth-order valence-corrected chi connectivity index (χ4v) is 2.11. The maximum absolute atomic E-state index is 12.0. The molecule has 3 heteroatoms. The van der Waals surface area contributed by atoms with Crippen LogP contribution in [-0.4, -0.2) is 5.91 Å². The highest BCUT2D eigenvalue weighted by Gasteiger charge is 2.21. The lowest BCUT2D eigenvalue weighted by atomic mass is 10.1. The van der Waals surface area contributed by atoms with Gasteiger partial charge in [-0.15, -0.1) is 0 Å². The number of amides is 1. The molecule has 0 radical (unpaired) electrons. The number of para-hydroxylation sites is 2. The first kappa shape index (κ1) is 12.5. The van der Waals surface area contributed by atoms with E-state index in [0.717, 1.165) is 5.56 Å². The second-order valence-electron chi connectivity index (χ2n) is 4.90. The summed E-state index contributed by atoms with van der Waals surface area (Å²) in [5, 5.41) is 2.82. The highest BCUT2D eigenvalue weighted by Crippen LogP contribution is 2.30. The number of rotatable bonds is 1. The normalized spacial score (nSPS) is 15.5. The van der Waals surface area contributed by atoms with Gasteiger partial charge >= 0.3 is 0 Å². The van der Waals surface area contributed by atoms with Crippen molar-refractivity contribution >= 4 is 17.7 Å². The number of fused-ring (bicyclic) bond motifs is 1. The molecular weight excluding hydrogens is 250 g/mol. The first-order valence-corrected chi connectivity index (χ1v) is 6.51. The van der Waals surface area contributed by atoms with Crippen molar-refractivity contribution in [3.05, 3.63) is 64.9 Å². The number of aryl methyl sites for hydroxylation is 2. The summed E-state index contributed by atoms with van der Waals surface area (Å²) >= 11 is 0. The van der Waals surface area contributed by atoms with Gasteiger partial charge in [-0.05, 0) is 48.7 Å². The van der Waals surface area contributed by atoms with Crippen LogP contribution in [0.15, 0.2) is 48.2 Å². The fraction of sp³-hybridized carbons (Fsp3) is 0.118. The molecule has 20 heavy (non-hydrogen) atoms. The standard InChI is InChI=1S/C17H15NO2/c1-11-7-8-13(9-12(11)2)10-16-17(19)18-14-5-3-4-6-15(14)20-16/h3-10H,1-2H3,(H,18,19)/b16-10-. The zero-order chi connectivity index (χ0) is 14.1. The predicted molar refractivity (Wildman–Crippen MR) is 79.6 cm³/mol. The van der Waals surface area contributed by atoms with Crippen LogP contribution in [0.25, 0.3) is 6.08 Å². The van der Waals surface area contributed by atoms with Crippen LogP contribution in [-0.2, 0) is 4.79 Å². The summed E-state index contributed by atoms with van der Waals surface area (Å²) in [4.78, 5) is 12.0. The van der Waals surface area contributed by atoms with E-state index in [2.05, 4.69) is 19.2 Å². The second-order valence-corrected chi connectivity index (χ2v) is 4.90. The summed E-state index contributed by atoms with van der Waals surface area (Å²) in [6, 6.07) is 13.5. The maximum atomic E-state index is 12.0. The van der Waals surface area contributed by atoms with Crippen molar-refractivity contribution < 1.29 is 9.53 Å². The largest absolute Gasteiger partial charge is 0.449 e. The van der Waals surface area contributed by atoms with E-state index in [1.54, 1.807) is 6.08 Å². The van der Waals surface area contributed by atoms with E-state index in [1.807, 2.05) is 42.5 Å². The molecular formula is C17H15NO2. The third kappa shape index (κ3) is 2.30. The van der Waals surface area contributed by atoms with Gasteiger partial charge in [0.05, 0.1) is 5.69 Å². The first-order valence-electron chi connectivity index (χ1n) is 6.51. The van der Waals surface area contributed by atoms with Crippen LogP contribution in [0.2, 0.25) is 0 Å². The second kappa shape index (κ2) is 4.85. The van der Waals surface area contributed by atoms with E-state index in [-0.39, 0.29) is 5.91 Å². The van der Waals surface area contributed by atoms with Gasteiger partial charge in [0.2, 0.25) is 0 Å². The van der Waals surface area contributed by atoms with Crippen molar-refractivity contribution in [1.29, 1.82) is 0 Å². The van der Waals surface area contributed by atoms with Crippen molar-refractivity contribution in [2.24, 2.45) is 0 Å². The van der Waals surface area contributed by atoms with E-state index < -0.39 is 0 Å². The lowest BCUT2D eigenvalue weighted by Crippen LogP contribution is -2.23. The molecule has 1 aliphatic heterocycles. The molecule has 0 aliphatic carbocycles. The van der Waals surface area contributed by atoms with Crippen LogP contribution in [0.5, 0.6) is 5.75 Å². The number of hydrogen-bond donors (Lipinski definition) is 1. The minimum atomic E-state index is -0.220. The van der Waals surface area contributed by atoms with Gasteiger partial charge in [0.15, 0.2) is 11.5 Å². The predicted octanol–water partition coefficient (Wildman–Crippen LogP) is 3.68. The number of carbonyl (C=O) groups is 1. The van der Waals surface area contributed by atoms with Gasteiger partial charge in [-0.1, -0.05) is 30.3 Å². The molecule has 1 heterocycles. The quantitative estimate of drug-likeness (QED) is 0.799. The number of anilines is 1. The summed E-state index contributed by atoms with van der Waals surface area (Å²) in [7, 11) is 0. The minimum absolute atomic E-state index is 0.220. The van der Waals surface area contributed by atoms with E-state index in [1.165, 1.54) is 11.1 Å². The molecule has 0 atom stereocenters. The Balaban J connectivity index is 1.96. The zero-order valence-electron chi connectivity index (χ0n) is 11.4. The fourth-order valence-electron chi connectivity index (χ4n) is 2.11. The van der Waals surface area contributed by atoms with Gasteiger partial charge in [-0.25, -0.2) is 0 Å². The van der Waals surface area contributed by atoms with E-state index in [4.69, 9.17) is 4.74 Å². The molecule has 1 N–H and O–H groups in total. The Morgan fingerprint density at radius 2 is 1.85 bits per heavy atom. The van der Waals surface area contributed by atoms with Crippen LogP contribution in [0, 0.1) is 13.8 Å². The molecule has 3 rings (SSSR count). The monoisotopic (exact) mass is 265 g/mol. The summed E-state index contributed by atoms with van der Waals surface area (Å²) in [6.07, 6.45) is 1.76. The van der Waals surface area contributed by atoms with E-state index >= 15 is 0 Å². The summed E-state index contributed by atoms with van der Waals surface area (Å²) in [6.45, 7) is 4.11. The Kier molecular flexibility index (Phi) is 3.03. The third-order valence-electron chi connectivity index (χ3n) is 3.41. The van der Waals surface area contributed by atoms with Gasteiger partial charge in [-0.2, -0.15) is 0 Å². The van der Waals surface area contributed by atoms with Crippen LogP contribution in [0.1, 0.15) is 16.7 Å². The van der Waals surface area contributed by atoms with E-state index in [9.17, 15) is 4.79 Å². The van der Waals surface area contributed by atoms with Crippen molar-refractivity contribution in [3.8, 4) is 5.75 Å². The Labute approximate surface area is 117 Å². The van der Waals surface area contributed by atoms with Crippen molar-refractivity contribution in [2.75, 3.05) is 5.32 Å². The molecule has 0 saturated carbocycles. The smallest absolute Gasteiger partial charge is 0.291 e. The zero-order valence-corrected chi connectivity index (χ0v) is 11.4. The minimum Gasteiger partial charge on any atom is -0.449 e. The van der Waals surface area contributed by atoms with Gasteiger partial charge in [-0.3, -0.25) is 4.79 Å². The van der Waals surface area contributed by atoms with Gasteiger partial charge in [0.1, 0.15) is 0 Å². The van der Waals surface area contributed by atoms with Crippen molar-refractivity contribution in [2.45, 2.75) is 13.8 Å². The van der Waals surface area contributed by atoms with Gasteiger partial charge in [0, 0.05) is 0 Å². The highest BCUT2D eigenvalue weighted by atomic mass is 16.5. The molecule has 0 aromatic heterocycles. The third-order valence-corrected chi connectivity index (χ3v) is 3.41. The van der Waals surface area contributed by atoms with Gasteiger partial charge < -0.3 is 10.1 Å².